The SMILES string of the molecule is CC(N)(Cc1ccncc1)C(=O)O. The molecule has 0 saturated carbocycles. The first-order valence-electron chi connectivity index (χ1n) is 3.93. The first-order chi connectivity index (χ1) is 6.02. The van der Waals surface area contributed by atoms with Crippen LogP contribution in [0, 0.1) is 0 Å². The zero-order chi connectivity index (χ0) is 9.90. The van der Waals surface area contributed by atoms with Crippen LogP contribution in [0.25, 0.3) is 0 Å². The zero-order valence-electron chi connectivity index (χ0n) is 7.40. The fourth-order valence-corrected chi connectivity index (χ4v) is 1.00. The quantitative estimate of drug-likeness (QED) is 0.707. The average molecular weight is 180 g/mol. The third-order valence-corrected chi connectivity index (χ3v) is 1.81. The van der Waals surface area contributed by atoms with E-state index in [1.165, 1.54) is 6.92 Å². The molecule has 1 unspecified atom stereocenters. The number of nitrogens with two attached hydrogens (primary N) is 1. The smallest absolute Gasteiger partial charge is 0.323 e. The van der Waals surface area contributed by atoms with Crippen molar-refractivity contribution in [3.05, 3.63) is 30.1 Å². The van der Waals surface area contributed by atoms with Crippen molar-refractivity contribution in [1.29, 1.82) is 0 Å². The summed E-state index contributed by atoms with van der Waals surface area (Å²) in [7, 11) is 0. The number of rotatable bonds is 3. The molecule has 0 aliphatic carbocycles. The van der Waals surface area contributed by atoms with Crippen LogP contribution in [0.3, 0.4) is 0 Å². The van der Waals surface area contributed by atoms with Crippen molar-refractivity contribution in [3.8, 4) is 0 Å². The molecular formula is C9H12N2O2. The van der Waals surface area contributed by atoms with Gasteiger partial charge in [0, 0.05) is 18.8 Å². The Hall–Kier alpha value is -1.42. The van der Waals surface area contributed by atoms with Crippen LogP contribution in [0.5, 0.6) is 0 Å². The summed E-state index contributed by atoms with van der Waals surface area (Å²) in [5.41, 5.74) is 5.24. The largest absolute Gasteiger partial charge is 0.480 e. The third-order valence-electron chi connectivity index (χ3n) is 1.81. The summed E-state index contributed by atoms with van der Waals surface area (Å²) in [5, 5.41) is 8.76. The molecule has 13 heavy (non-hydrogen) atoms. The van der Waals surface area contributed by atoms with Crippen molar-refractivity contribution in [2.75, 3.05) is 0 Å². The number of aliphatic carboxylic acids is 1. The van der Waals surface area contributed by atoms with Crippen LogP contribution in [0.1, 0.15) is 12.5 Å². The molecule has 1 rings (SSSR count). The summed E-state index contributed by atoms with van der Waals surface area (Å²) in [6.45, 7) is 1.50. The van der Waals surface area contributed by atoms with Crippen LogP contribution < -0.4 is 5.73 Å². The summed E-state index contributed by atoms with van der Waals surface area (Å²) in [5.74, 6) is -0.996. The zero-order valence-corrected chi connectivity index (χ0v) is 7.40. The average Bonchev–Trinajstić information content (AvgIpc) is 2.05. The molecule has 4 nitrogen and oxygen atoms in total. The lowest BCUT2D eigenvalue weighted by Gasteiger charge is -2.18. The maximum absolute atomic E-state index is 10.7. The van der Waals surface area contributed by atoms with Gasteiger partial charge >= 0.3 is 5.97 Å². The van der Waals surface area contributed by atoms with E-state index in [1.807, 2.05) is 0 Å². The number of aromatic nitrogens is 1. The van der Waals surface area contributed by atoms with Gasteiger partial charge in [-0.15, -0.1) is 0 Å². The molecule has 0 aliphatic heterocycles. The van der Waals surface area contributed by atoms with Crippen LogP contribution in [0.15, 0.2) is 24.5 Å². The summed E-state index contributed by atoms with van der Waals surface area (Å²) in [6.07, 6.45) is 3.55. The van der Waals surface area contributed by atoms with E-state index in [0.717, 1.165) is 5.56 Å². The Morgan fingerprint density at radius 1 is 1.62 bits per heavy atom. The second-order valence-electron chi connectivity index (χ2n) is 3.25. The minimum absolute atomic E-state index is 0.310. The molecule has 0 radical (unpaired) electrons. The predicted molar refractivity (Wildman–Crippen MR) is 48.2 cm³/mol. The maximum atomic E-state index is 10.7. The monoisotopic (exact) mass is 180 g/mol. The van der Waals surface area contributed by atoms with Gasteiger partial charge in [0.2, 0.25) is 0 Å². The fourth-order valence-electron chi connectivity index (χ4n) is 1.00. The molecule has 0 saturated heterocycles. The van der Waals surface area contributed by atoms with E-state index in [-0.39, 0.29) is 0 Å². The molecule has 1 atom stereocenters. The van der Waals surface area contributed by atoms with Gasteiger partial charge in [0.1, 0.15) is 5.54 Å². The van der Waals surface area contributed by atoms with E-state index in [9.17, 15) is 4.79 Å². The summed E-state index contributed by atoms with van der Waals surface area (Å²) < 4.78 is 0. The molecule has 1 heterocycles. The molecular weight excluding hydrogens is 168 g/mol. The summed E-state index contributed by atoms with van der Waals surface area (Å²) >= 11 is 0. The second-order valence-corrected chi connectivity index (χ2v) is 3.25. The van der Waals surface area contributed by atoms with Gasteiger partial charge in [0.05, 0.1) is 0 Å². The van der Waals surface area contributed by atoms with Crippen molar-refractivity contribution in [1.82, 2.24) is 4.98 Å². The molecule has 0 fully saturated rings. The Labute approximate surface area is 76.4 Å². The first-order valence-corrected chi connectivity index (χ1v) is 3.93. The van der Waals surface area contributed by atoms with E-state index in [2.05, 4.69) is 4.98 Å². The van der Waals surface area contributed by atoms with Gasteiger partial charge in [0.15, 0.2) is 0 Å². The predicted octanol–water partition coefficient (Wildman–Crippen LogP) is 0.426. The van der Waals surface area contributed by atoms with Gasteiger partial charge in [-0.2, -0.15) is 0 Å². The molecule has 0 bridgehead atoms. The summed E-state index contributed by atoms with van der Waals surface area (Å²) in [4.78, 5) is 14.5. The van der Waals surface area contributed by atoms with Crippen molar-refractivity contribution in [2.24, 2.45) is 5.73 Å². The van der Waals surface area contributed by atoms with Crippen molar-refractivity contribution in [2.45, 2.75) is 18.9 Å². The van der Waals surface area contributed by atoms with Gasteiger partial charge in [-0.3, -0.25) is 9.78 Å². The Morgan fingerprint density at radius 3 is 2.62 bits per heavy atom. The standard InChI is InChI=1S/C9H12N2O2/c1-9(10,8(12)13)6-7-2-4-11-5-3-7/h2-5H,6,10H2,1H3,(H,12,13). The fraction of sp³-hybridized carbons (Fsp3) is 0.333. The third kappa shape index (κ3) is 2.52. The molecule has 4 heteroatoms. The summed E-state index contributed by atoms with van der Waals surface area (Å²) in [6, 6.07) is 3.52. The Kier molecular flexibility index (Phi) is 2.63. The van der Waals surface area contributed by atoms with Gasteiger partial charge < -0.3 is 10.8 Å². The molecule has 1 aromatic rings. The van der Waals surface area contributed by atoms with E-state index in [1.54, 1.807) is 24.5 Å². The van der Waals surface area contributed by atoms with Crippen LogP contribution >= 0.6 is 0 Å². The van der Waals surface area contributed by atoms with Crippen LogP contribution in [-0.4, -0.2) is 21.6 Å². The van der Waals surface area contributed by atoms with Gasteiger partial charge in [-0.1, -0.05) is 0 Å². The van der Waals surface area contributed by atoms with E-state index < -0.39 is 11.5 Å². The minimum atomic E-state index is -1.21. The van der Waals surface area contributed by atoms with Gasteiger partial charge in [0.25, 0.3) is 0 Å². The van der Waals surface area contributed by atoms with Gasteiger partial charge in [-0.05, 0) is 24.6 Å². The molecule has 0 spiro atoms. The lowest BCUT2D eigenvalue weighted by molar-refractivity contribution is -0.142. The molecule has 3 N–H and O–H groups in total. The van der Waals surface area contributed by atoms with E-state index >= 15 is 0 Å². The highest BCUT2D eigenvalue weighted by Gasteiger charge is 2.27. The number of hydrogen-bond acceptors (Lipinski definition) is 3. The Bertz CT molecular complexity index is 296. The minimum Gasteiger partial charge on any atom is -0.480 e. The molecule has 0 aromatic carbocycles. The highest BCUT2D eigenvalue weighted by Crippen LogP contribution is 2.09. The number of hydrogen-bond donors (Lipinski definition) is 2. The van der Waals surface area contributed by atoms with Crippen molar-refractivity contribution < 1.29 is 9.90 Å². The Morgan fingerprint density at radius 2 is 2.15 bits per heavy atom. The second kappa shape index (κ2) is 3.53. The van der Waals surface area contributed by atoms with E-state index in [4.69, 9.17) is 10.8 Å². The first kappa shape index (κ1) is 9.67. The van der Waals surface area contributed by atoms with Crippen molar-refractivity contribution in [3.63, 3.8) is 0 Å². The van der Waals surface area contributed by atoms with Crippen LogP contribution in [-0.2, 0) is 11.2 Å². The number of carbonyl (C=O) groups is 1. The van der Waals surface area contributed by atoms with Gasteiger partial charge in [-0.25, -0.2) is 0 Å². The topological polar surface area (TPSA) is 76.2 Å². The highest BCUT2D eigenvalue weighted by molar-refractivity contribution is 5.78. The molecule has 0 amide bonds. The highest BCUT2D eigenvalue weighted by atomic mass is 16.4. The molecule has 1 aromatic heterocycles. The molecule has 0 aliphatic rings. The van der Waals surface area contributed by atoms with Crippen LogP contribution in [0.4, 0.5) is 0 Å². The maximum Gasteiger partial charge on any atom is 0.323 e. The lowest BCUT2D eigenvalue weighted by atomic mass is 9.95. The number of nitrogens with zero attached hydrogens (tertiary/aromatic N) is 1. The number of carboxylic acid groups (broad SMARTS) is 1. The molecule has 70 valence electrons. The number of carboxylic acids is 1. The van der Waals surface area contributed by atoms with Crippen molar-refractivity contribution >= 4 is 5.97 Å². The van der Waals surface area contributed by atoms with Crippen LogP contribution in [0.2, 0.25) is 0 Å². The number of pyridine rings is 1. The van der Waals surface area contributed by atoms with E-state index in [0.29, 0.717) is 6.42 Å². The normalized spacial score (nSPS) is 14.9. The Balaban J connectivity index is 2.75. The lowest BCUT2D eigenvalue weighted by Crippen LogP contribution is -2.46.